The van der Waals surface area contributed by atoms with Crippen LogP contribution in [0.1, 0.15) is 27.2 Å². The Kier molecular flexibility index (Phi) is 4.07. The highest BCUT2D eigenvalue weighted by Crippen LogP contribution is 2.16. The highest BCUT2D eigenvalue weighted by atomic mass is 15.3. The van der Waals surface area contributed by atoms with Crippen molar-refractivity contribution in [2.75, 3.05) is 13.1 Å². The van der Waals surface area contributed by atoms with Crippen molar-refractivity contribution < 1.29 is 0 Å². The molecular weight excluding hydrogens is 176 g/mol. The second kappa shape index (κ2) is 5.10. The first kappa shape index (κ1) is 11.2. The Hall–Kier alpha value is -0.900. The van der Waals surface area contributed by atoms with Crippen LogP contribution in [0.25, 0.3) is 0 Å². The monoisotopic (exact) mass is 196 g/mol. The molecule has 1 rings (SSSR count). The van der Waals surface area contributed by atoms with Crippen LogP contribution in [-0.4, -0.2) is 27.9 Å². The van der Waals surface area contributed by atoms with Gasteiger partial charge in [0.1, 0.15) is 12.7 Å². The van der Waals surface area contributed by atoms with Gasteiger partial charge in [0.15, 0.2) is 0 Å². The molecule has 14 heavy (non-hydrogen) atoms. The Morgan fingerprint density at radius 2 is 2.07 bits per heavy atom. The Labute approximate surface area is 85.7 Å². The van der Waals surface area contributed by atoms with Crippen LogP contribution in [-0.2, 0) is 6.54 Å². The van der Waals surface area contributed by atoms with Crippen LogP contribution >= 0.6 is 0 Å². The van der Waals surface area contributed by atoms with Gasteiger partial charge in [-0.25, -0.2) is 4.98 Å². The molecule has 0 atom stereocenters. The highest BCUT2D eigenvalue weighted by molar-refractivity contribution is 4.63. The van der Waals surface area contributed by atoms with Crippen molar-refractivity contribution in [1.29, 1.82) is 0 Å². The van der Waals surface area contributed by atoms with Gasteiger partial charge in [0.25, 0.3) is 0 Å². The average Bonchev–Trinajstić information content (AvgIpc) is 2.54. The van der Waals surface area contributed by atoms with E-state index in [4.69, 9.17) is 0 Å². The Morgan fingerprint density at radius 1 is 1.29 bits per heavy atom. The van der Waals surface area contributed by atoms with Gasteiger partial charge in [-0.2, -0.15) is 5.10 Å². The zero-order valence-electron chi connectivity index (χ0n) is 9.32. The fourth-order valence-corrected chi connectivity index (χ4v) is 1.13. The van der Waals surface area contributed by atoms with E-state index in [1.807, 2.05) is 4.68 Å². The van der Waals surface area contributed by atoms with Gasteiger partial charge >= 0.3 is 0 Å². The summed E-state index contributed by atoms with van der Waals surface area (Å²) in [7, 11) is 0. The fourth-order valence-electron chi connectivity index (χ4n) is 1.13. The molecule has 4 nitrogen and oxygen atoms in total. The molecule has 1 heterocycles. The molecular formula is C10H20N4. The maximum atomic E-state index is 4.03. The molecule has 1 aromatic heterocycles. The minimum atomic E-state index is 0.417. The third-order valence-electron chi connectivity index (χ3n) is 2.04. The zero-order chi connectivity index (χ0) is 10.4. The molecule has 1 aromatic rings. The molecule has 0 unspecified atom stereocenters. The van der Waals surface area contributed by atoms with E-state index in [0.717, 1.165) is 19.6 Å². The Balaban J connectivity index is 2.00. The standard InChI is InChI=1S/C10H20N4/c1-10(2,3)4-5-11-6-7-14-9-12-8-13-14/h8-9,11H,4-7H2,1-3H3. The van der Waals surface area contributed by atoms with Crippen molar-refractivity contribution >= 4 is 0 Å². The highest BCUT2D eigenvalue weighted by Gasteiger charge is 2.08. The lowest BCUT2D eigenvalue weighted by Gasteiger charge is -2.17. The molecule has 0 aliphatic rings. The number of nitrogens with zero attached hydrogens (tertiary/aromatic N) is 3. The first-order valence-electron chi connectivity index (χ1n) is 5.11. The summed E-state index contributed by atoms with van der Waals surface area (Å²) in [5.41, 5.74) is 0.417. The minimum absolute atomic E-state index is 0.417. The van der Waals surface area contributed by atoms with Gasteiger partial charge in [-0.05, 0) is 18.4 Å². The third-order valence-corrected chi connectivity index (χ3v) is 2.04. The largest absolute Gasteiger partial charge is 0.315 e. The molecule has 0 spiro atoms. The number of nitrogens with one attached hydrogen (secondary N) is 1. The predicted molar refractivity (Wildman–Crippen MR) is 57.0 cm³/mol. The molecule has 0 saturated carbocycles. The lowest BCUT2D eigenvalue weighted by Crippen LogP contribution is -2.24. The third kappa shape index (κ3) is 4.97. The summed E-state index contributed by atoms with van der Waals surface area (Å²) in [5.74, 6) is 0. The normalized spacial score (nSPS) is 11.9. The lowest BCUT2D eigenvalue weighted by molar-refractivity contribution is 0.364. The summed E-state index contributed by atoms with van der Waals surface area (Å²) < 4.78 is 1.84. The first-order chi connectivity index (χ1) is 6.58. The van der Waals surface area contributed by atoms with Crippen LogP contribution in [0.2, 0.25) is 0 Å². The van der Waals surface area contributed by atoms with Crippen LogP contribution in [0.5, 0.6) is 0 Å². The Bertz CT molecular complexity index is 235. The van der Waals surface area contributed by atoms with E-state index in [0.29, 0.717) is 5.41 Å². The second-order valence-electron chi connectivity index (χ2n) is 4.72. The molecule has 0 radical (unpaired) electrons. The molecule has 0 aliphatic heterocycles. The number of rotatable bonds is 5. The van der Waals surface area contributed by atoms with Gasteiger partial charge in [0.2, 0.25) is 0 Å². The minimum Gasteiger partial charge on any atom is -0.315 e. The van der Waals surface area contributed by atoms with Crippen LogP contribution < -0.4 is 5.32 Å². The zero-order valence-corrected chi connectivity index (χ0v) is 9.32. The lowest BCUT2D eigenvalue weighted by atomic mass is 9.92. The maximum absolute atomic E-state index is 4.03. The summed E-state index contributed by atoms with van der Waals surface area (Å²) in [5, 5.41) is 7.42. The number of hydrogen-bond donors (Lipinski definition) is 1. The summed E-state index contributed by atoms with van der Waals surface area (Å²) in [4.78, 5) is 3.88. The molecule has 0 aromatic carbocycles. The van der Waals surface area contributed by atoms with Gasteiger partial charge in [-0.3, -0.25) is 4.68 Å². The van der Waals surface area contributed by atoms with Crippen molar-refractivity contribution in [3.63, 3.8) is 0 Å². The van der Waals surface area contributed by atoms with E-state index >= 15 is 0 Å². The summed E-state index contributed by atoms with van der Waals surface area (Å²) in [6.45, 7) is 9.69. The molecule has 4 heteroatoms. The SMILES string of the molecule is CC(C)(C)CCNCCn1cncn1. The van der Waals surface area contributed by atoms with Crippen LogP contribution in [0.15, 0.2) is 12.7 Å². The summed E-state index contributed by atoms with van der Waals surface area (Å²) in [6.07, 6.45) is 4.50. The van der Waals surface area contributed by atoms with Crippen LogP contribution in [0.3, 0.4) is 0 Å². The van der Waals surface area contributed by atoms with Crippen molar-refractivity contribution in [3.8, 4) is 0 Å². The molecule has 0 aliphatic carbocycles. The molecule has 1 N–H and O–H groups in total. The number of aromatic nitrogens is 3. The van der Waals surface area contributed by atoms with Gasteiger partial charge < -0.3 is 5.32 Å². The van der Waals surface area contributed by atoms with Crippen molar-refractivity contribution in [2.24, 2.45) is 5.41 Å². The summed E-state index contributed by atoms with van der Waals surface area (Å²) in [6, 6.07) is 0. The van der Waals surface area contributed by atoms with Crippen molar-refractivity contribution in [2.45, 2.75) is 33.7 Å². The second-order valence-corrected chi connectivity index (χ2v) is 4.72. The topological polar surface area (TPSA) is 42.7 Å². The van der Waals surface area contributed by atoms with Gasteiger partial charge in [-0.1, -0.05) is 20.8 Å². The quantitative estimate of drug-likeness (QED) is 0.722. The predicted octanol–water partition coefficient (Wildman–Crippen LogP) is 1.30. The van der Waals surface area contributed by atoms with E-state index in [1.54, 1.807) is 12.7 Å². The number of hydrogen-bond acceptors (Lipinski definition) is 3. The van der Waals surface area contributed by atoms with Crippen LogP contribution in [0.4, 0.5) is 0 Å². The average molecular weight is 196 g/mol. The summed E-state index contributed by atoms with van der Waals surface area (Å²) >= 11 is 0. The molecule has 80 valence electrons. The van der Waals surface area contributed by atoms with Crippen molar-refractivity contribution in [1.82, 2.24) is 20.1 Å². The van der Waals surface area contributed by atoms with E-state index in [-0.39, 0.29) is 0 Å². The molecule has 0 amide bonds. The maximum Gasteiger partial charge on any atom is 0.137 e. The fraction of sp³-hybridized carbons (Fsp3) is 0.800. The van der Waals surface area contributed by atoms with Crippen molar-refractivity contribution in [3.05, 3.63) is 12.7 Å². The van der Waals surface area contributed by atoms with Gasteiger partial charge in [0.05, 0.1) is 6.54 Å². The molecule has 0 fully saturated rings. The van der Waals surface area contributed by atoms with E-state index < -0.39 is 0 Å². The van der Waals surface area contributed by atoms with Gasteiger partial charge in [0, 0.05) is 6.54 Å². The van der Waals surface area contributed by atoms with E-state index in [1.165, 1.54) is 6.42 Å². The first-order valence-corrected chi connectivity index (χ1v) is 5.11. The van der Waals surface area contributed by atoms with E-state index in [2.05, 4.69) is 36.2 Å². The smallest absolute Gasteiger partial charge is 0.137 e. The molecule has 0 bridgehead atoms. The van der Waals surface area contributed by atoms with Gasteiger partial charge in [-0.15, -0.1) is 0 Å². The van der Waals surface area contributed by atoms with Crippen LogP contribution in [0, 0.1) is 5.41 Å². The molecule has 0 saturated heterocycles. The van der Waals surface area contributed by atoms with E-state index in [9.17, 15) is 0 Å². The Morgan fingerprint density at radius 3 is 2.64 bits per heavy atom.